The molecule has 1 unspecified atom stereocenters. The fourth-order valence-corrected chi connectivity index (χ4v) is 0.857. The predicted octanol–water partition coefficient (Wildman–Crippen LogP) is 2.95. The zero-order chi connectivity index (χ0) is 13.4. The summed E-state index contributed by atoms with van der Waals surface area (Å²) in [6.07, 6.45) is 2.76. The minimum absolute atomic E-state index is 0.0131. The highest BCUT2D eigenvalue weighted by Crippen LogP contribution is 2.07. The summed E-state index contributed by atoms with van der Waals surface area (Å²) in [5.74, 6) is -1.38. The molecule has 0 amide bonds. The van der Waals surface area contributed by atoms with Crippen molar-refractivity contribution in [1.82, 2.24) is 0 Å². The molecular weight excluding hydrogens is 220 g/mol. The summed E-state index contributed by atoms with van der Waals surface area (Å²) in [6.45, 7) is 8.91. The molecule has 0 fully saturated rings. The van der Waals surface area contributed by atoms with E-state index in [2.05, 4.69) is 0 Å². The van der Waals surface area contributed by atoms with E-state index in [0.29, 0.717) is 0 Å². The Hall–Kier alpha value is -1.58. The Morgan fingerprint density at radius 1 is 1.00 bits per heavy atom. The van der Waals surface area contributed by atoms with Crippen LogP contribution in [0.25, 0.3) is 0 Å². The largest absolute Gasteiger partial charge is 0.435 e. The van der Waals surface area contributed by atoms with Crippen LogP contribution in [0, 0.1) is 5.92 Å². The van der Waals surface area contributed by atoms with Gasteiger partial charge in [0.1, 0.15) is 0 Å². The van der Waals surface area contributed by atoms with E-state index in [1.165, 1.54) is 12.5 Å². The molecule has 0 rings (SSSR count). The number of carbonyl (C=O) groups is 2. The van der Waals surface area contributed by atoms with Gasteiger partial charge in [-0.25, -0.2) is 0 Å². The van der Waals surface area contributed by atoms with Crippen molar-refractivity contribution in [3.63, 3.8) is 0 Å². The number of hydrogen-bond donors (Lipinski definition) is 0. The van der Waals surface area contributed by atoms with E-state index in [4.69, 9.17) is 9.47 Å². The summed E-state index contributed by atoms with van der Waals surface area (Å²) < 4.78 is 9.69. The molecule has 0 bridgehead atoms. The predicted molar refractivity (Wildman–Crippen MR) is 64.8 cm³/mol. The molecule has 1 atom stereocenters. The van der Waals surface area contributed by atoms with E-state index in [9.17, 15) is 9.59 Å². The van der Waals surface area contributed by atoms with Crippen LogP contribution in [0.2, 0.25) is 0 Å². The van der Waals surface area contributed by atoms with Crippen LogP contribution >= 0.6 is 0 Å². The molecule has 0 aliphatic carbocycles. The lowest BCUT2D eigenvalue weighted by Crippen LogP contribution is -2.17. The standard InChI is InChI=1S/C13H20O4/c1-9(2)7-16-12(14)6-11(5)13(15)17-8-10(3)4/h7-8,11H,6H2,1-5H3. The monoisotopic (exact) mass is 240 g/mol. The average molecular weight is 240 g/mol. The number of rotatable bonds is 5. The molecule has 4 nitrogen and oxygen atoms in total. The lowest BCUT2D eigenvalue weighted by molar-refractivity contribution is -0.148. The Morgan fingerprint density at radius 2 is 1.47 bits per heavy atom. The summed E-state index contributed by atoms with van der Waals surface area (Å²) in [5, 5.41) is 0. The van der Waals surface area contributed by atoms with Crippen molar-refractivity contribution in [2.24, 2.45) is 5.92 Å². The van der Waals surface area contributed by atoms with Crippen molar-refractivity contribution >= 4 is 11.9 Å². The Morgan fingerprint density at radius 3 is 1.94 bits per heavy atom. The minimum atomic E-state index is -0.510. The van der Waals surface area contributed by atoms with Crippen molar-refractivity contribution in [3.8, 4) is 0 Å². The van der Waals surface area contributed by atoms with Gasteiger partial charge in [-0.05, 0) is 38.8 Å². The first-order chi connectivity index (χ1) is 7.82. The molecule has 0 saturated heterocycles. The van der Waals surface area contributed by atoms with E-state index in [0.717, 1.165) is 11.1 Å². The third-order valence-corrected chi connectivity index (χ3v) is 1.71. The number of ether oxygens (including phenoxy) is 2. The smallest absolute Gasteiger partial charge is 0.314 e. The maximum Gasteiger partial charge on any atom is 0.314 e. The molecule has 96 valence electrons. The van der Waals surface area contributed by atoms with Gasteiger partial charge in [0.25, 0.3) is 0 Å². The second-order valence-corrected chi connectivity index (χ2v) is 4.42. The highest BCUT2D eigenvalue weighted by molar-refractivity contribution is 5.80. The van der Waals surface area contributed by atoms with Crippen LogP contribution in [-0.4, -0.2) is 11.9 Å². The van der Waals surface area contributed by atoms with Gasteiger partial charge in [0.2, 0.25) is 0 Å². The minimum Gasteiger partial charge on any atom is -0.435 e. The van der Waals surface area contributed by atoms with Gasteiger partial charge in [-0.1, -0.05) is 6.92 Å². The highest BCUT2D eigenvalue weighted by Gasteiger charge is 2.18. The number of allylic oxidation sites excluding steroid dienone is 2. The first-order valence-corrected chi connectivity index (χ1v) is 5.49. The lowest BCUT2D eigenvalue weighted by atomic mass is 10.1. The Bertz CT molecular complexity index is 331. The molecule has 0 aromatic heterocycles. The second-order valence-electron chi connectivity index (χ2n) is 4.42. The maximum absolute atomic E-state index is 11.4. The fraction of sp³-hybridized carbons (Fsp3) is 0.538. The van der Waals surface area contributed by atoms with Crippen LogP contribution < -0.4 is 0 Å². The molecule has 0 aliphatic heterocycles. The third-order valence-electron chi connectivity index (χ3n) is 1.71. The Balaban J connectivity index is 4.12. The summed E-state index contributed by atoms with van der Waals surface area (Å²) in [7, 11) is 0. The third kappa shape index (κ3) is 8.25. The van der Waals surface area contributed by atoms with Gasteiger partial charge in [0.15, 0.2) is 0 Å². The van der Waals surface area contributed by atoms with E-state index >= 15 is 0 Å². The van der Waals surface area contributed by atoms with Gasteiger partial charge >= 0.3 is 11.9 Å². The van der Waals surface area contributed by atoms with Crippen molar-refractivity contribution in [2.45, 2.75) is 41.0 Å². The molecule has 4 heteroatoms. The van der Waals surface area contributed by atoms with Gasteiger partial charge in [0, 0.05) is 0 Å². The van der Waals surface area contributed by atoms with Crippen LogP contribution in [0.15, 0.2) is 23.7 Å². The van der Waals surface area contributed by atoms with Crippen LogP contribution in [0.4, 0.5) is 0 Å². The van der Waals surface area contributed by atoms with Gasteiger partial charge in [-0.15, -0.1) is 0 Å². The quantitative estimate of drug-likeness (QED) is 0.547. The SMILES string of the molecule is CC(C)=COC(=O)CC(C)C(=O)OC=C(C)C. The van der Waals surface area contributed by atoms with Crippen LogP contribution in [-0.2, 0) is 19.1 Å². The number of carbonyl (C=O) groups excluding carboxylic acids is 2. The first-order valence-electron chi connectivity index (χ1n) is 5.49. The van der Waals surface area contributed by atoms with Crippen LogP contribution in [0.1, 0.15) is 41.0 Å². The summed E-state index contributed by atoms with van der Waals surface area (Å²) >= 11 is 0. The van der Waals surface area contributed by atoms with E-state index < -0.39 is 17.9 Å². The average Bonchev–Trinajstić information content (AvgIpc) is 2.22. The van der Waals surface area contributed by atoms with Crippen molar-refractivity contribution in [3.05, 3.63) is 23.7 Å². The normalized spacial score (nSPS) is 11.1. The first kappa shape index (κ1) is 15.4. The van der Waals surface area contributed by atoms with Crippen LogP contribution in [0.5, 0.6) is 0 Å². The molecule has 0 spiro atoms. The van der Waals surface area contributed by atoms with Crippen molar-refractivity contribution in [1.29, 1.82) is 0 Å². The number of hydrogen-bond acceptors (Lipinski definition) is 4. The van der Waals surface area contributed by atoms with Gasteiger partial charge < -0.3 is 9.47 Å². The van der Waals surface area contributed by atoms with E-state index in [-0.39, 0.29) is 6.42 Å². The second kappa shape index (κ2) is 7.65. The molecule has 0 aromatic rings. The van der Waals surface area contributed by atoms with E-state index in [1.807, 2.05) is 27.7 Å². The van der Waals surface area contributed by atoms with Crippen molar-refractivity contribution < 1.29 is 19.1 Å². The highest BCUT2D eigenvalue weighted by atomic mass is 16.5. The summed E-state index contributed by atoms with van der Waals surface area (Å²) in [6, 6.07) is 0. The molecule has 0 heterocycles. The summed E-state index contributed by atoms with van der Waals surface area (Å²) in [5.41, 5.74) is 1.77. The molecule has 0 radical (unpaired) electrons. The van der Waals surface area contributed by atoms with Gasteiger partial charge in [-0.2, -0.15) is 0 Å². The molecule has 0 saturated carbocycles. The van der Waals surface area contributed by atoms with Crippen molar-refractivity contribution in [2.75, 3.05) is 0 Å². The maximum atomic E-state index is 11.4. The zero-order valence-corrected chi connectivity index (χ0v) is 11.1. The van der Waals surface area contributed by atoms with Gasteiger partial charge in [0.05, 0.1) is 24.9 Å². The van der Waals surface area contributed by atoms with E-state index in [1.54, 1.807) is 6.92 Å². The molecule has 17 heavy (non-hydrogen) atoms. The zero-order valence-electron chi connectivity index (χ0n) is 11.1. The van der Waals surface area contributed by atoms with Gasteiger partial charge in [-0.3, -0.25) is 9.59 Å². The molecule has 0 aromatic carbocycles. The molecule has 0 N–H and O–H groups in total. The van der Waals surface area contributed by atoms with Crippen LogP contribution in [0.3, 0.4) is 0 Å². The summed E-state index contributed by atoms with van der Waals surface area (Å²) in [4.78, 5) is 22.7. The molecule has 0 aliphatic rings. The Labute approximate surface area is 102 Å². The number of esters is 2. The fourth-order valence-electron chi connectivity index (χ4n) is 0.857. The molecular formula is C13H20O4. The Kier molecular flexibility index (Phi) is 6.94. The topological polar surface area (TPSA) is 52.6 Å². The lowest BCUT2D eigenvalue weighted by Gasteiger charge is -2.07.